The van der Waals surface area contributed by atoms with E-state index in [1.165, 1.54) is 0 Å². The molecule has 4 rings (SSSR count). The standard InChI is InChI=1S/C26H29ClO4/c1-4-16-8-11-21(17-6-9-18(27)10-7-17)20(5-2)22(16)23-24(28)26(31-25(23)29)14-12-19(30-3)13-15-26/h6-11,19,28H,4-5,12-15H2,1-3H3. The Morgan fingerprint density at radius 3 is 2.35 bits per heavy atom. The van der Waals surface area contributed by atoms with Crippen LogP contribution in [-0.4, -0.2) is 29.9 Å². The molecule has 1 fully saturated rings. The quantitative estimate of drug-likeness (QED) is 0.555. The number of hydrogen-bond donors (Lipinski definition) is 1. The van der Waals surface area contributed by atoms with Crippen molar-refractivity contribution in [3.8, 4) is 11.1 Å². The van der Waals surface area contributed by atoms with E-state index >= 15 is 0 Å². The van der Waals surface area contributed by atoms with E-state index in [-0.39, 0.29) is 11.9 Å². The first-order chi connectivity index (χ1) is 14.9. The third-order valence-electron chi connectivity index (χ3n) is 6.77. The number of ether oxygens (including phenoxy) is 2. The molecule has 0 aromatic heterocycles. The Balaban J connectivity index is 1.87. The zero-order valence-corrected chi connectivity index (χ0v) is 19.1. The first-order valence-corrected chi connectivity index (χ1v) is 11.4. The van der Waals surface area contributed by atoms with Gasteiger partial charge in [0.15, 0.2) is 11.4 Å². The Labute approximate surface area is 188 Å². The second-order valence-corrected chi connectivity index (χ2v) is 8.82. The average Bonchev–Trinajstić information content (AvgIpc) is 3.02. The minimum atomic E-state index is -0.923. The van der Waals surface area contributed by atoms with Crippen molar-refractivity contribution in [2.45, 2.75) is 64.1 Å². The summed E-state index contributed by atoms with van der Waals surface area (Å²) in [5, 5.41) is 12.0. The highest BCUT2D eigenvalue weighted by Crippen LogP contribution is 2.47. The van der Waals surface area contributed by atoms with E-state index in [4.69, 9.17) is 21.1 Å². The number of esters is 1. The number of aliphatic hydroxyl groups is 1. The van der Waals surface area contributed by atoms with Crippen LogP contribution in [0.1, 0.15) is 56.2 Å². The Hall–Kier alpha value is -2.30. The van der Waals surface area contributed by atoms with Crippen molar-refractivity contribution in [2.24, 2.45) is 0 Å². The van der Waals surface area contributed by atoms with E-state index in [1.54, 1.807) is 7.11 Å². The summed E-state index contributed by atoms with van der Waals surface area (Å²) in [6.45, 7) is 4.15. The van der Waals surface area contributed by atoms with Crippen molar-refractivity contribution in [2.75, 3.05) is 7.11 Å². The molecule has 2 aromatic rings. The van der Waals surface area contributed by atoms with Gasteiger partial charge in [0, 0.05) is 12.1 Å². The van der Waals surface area contributed by atoms with Gasteiger partial charge >= 0.3 is 5.97 Å². The zero-order chi connectivity index (χ0) is 22.2. The van der Waals surface area contributed by atoms with Crippen LogP contribution < -0.4 is 0 Å². The largest absolute Gasteiger partial charge is 0.507 e. The SMILES string of the molecule is CCc1ccc(-c2ccc(Cl)cc2)c(CC)c1C1=C(O)C2(CCC(OC)CC2)OC1=O. The van der Waals surface area contributed by atoms with Gasteiger partial charge in [-0.05, 0) is 78.5 Å². The third kappa shape index (κ3) is 3.77. The second-order valence-electron chi connectivity index (χ2n) is 8.38. The molecule has 1 N–H and O–H groups in total. The molecule has 164 valence electrons. The summed E-state index contributed by atoms with van der Waals surface area (Å²) >= 11 is 6.09. The van der Waals surface area contributed by atoms with Crippen molar-refractivity contribution in [3.63, 3.8) is 0 Å². The Morgan fingerprint density at radius 2 is 1.77 bits per heavy atom. The summed E-state index contributed by atoms with van der Waals surface area (Å²) < 4.78 is 11.4. The van der Waals surface area contributed by atoms with Gasteiger partial charge in [0.25, 0.3) is 0 Å². The topological polar surface area (TPSA) is 55.8 Å². The second kappa shape index (κ2) is 8.68. The first kappa shape index (κ1) is 21.9. The van der Waals surface area contributed by atoms with Gasteiger partial charge in [-0.2, -0.15) is 0 Å². The van der Waals surface area contributed by atoms with Gasteiger partial charge in [-0.25, -0.2) is 4.79 Å². The van der Waals surface area contributed by atoms with Crippen LogP contribution in [0.15, 0.2) is 42.2 Å². The Morgan fingerprint density at radius 1 is 1.10 bits per heavy atom. The van der Waals surface area contributed by atoms with Gasteiger partial charge in [-0.15, -0.1) is 0 Å². The maximum atomic E-state index is 13.1. The lowest BCUT2D eigenvalue weighted by molar-refractivity contribution is -0.151. The summed E-state index contributed by atoms with van der Waals surface area (Å²) in [7, 11) is 1.70. The van der Waals surface area contributed by atoms with E-state index < -0.39 is 11.6 Å². The van der Waals surface area contributed by atoms with Crippen LogP contribution in [0.25, 0.3) is 16.7 Å². The average molecular weight is 441 g/mol. The van der Waals surface area contributed by atoms with Gasteiger partial charge in [-0.3, -0.25) is 0 Å². The van der Waals surface area contributed by atoms with Gasteiger partial charge in [0.1, 0.15) is 5.57 Å². The smallest absolute Gasteiger partial charge is 0.343 e. The number of hydrogen-bond acceptors (Lipinski definition) is 4. The maximum Gasteiger partial charge on any atom is 0.343 e. The molecule has 0 amide bonds. The molecule has 1 spiro atoms. The number of carbonyl (C=O) groups is 1. The van der Waals surface area contributed by atoms with Crippen molar-refractivity contribution < 1.29 is 19.4 Å². The number of aryl methyl sites for hydroxylation is 1. The molecule has 1 heterocycles. The highest BCUT2D eigenvalue weighted by Gasteiger charge is 2.51. The van der Waals surface area contributed by atoms with Gasteiger partial charge in [0.2, 0.25) is 0 Å². The molecule has 5 heteroatoms. The zero-order valence-electron chi connectivity index (χ0n) is 18.3. The summed E-state index contributed by atoms with van der Waals surface area (Å²) in [6, 6.07) is 11.9. The summed E-state index contributed by atoms with van der Waals surface area (Å²) in [5.74, 6) is -0.337. The number of aliphatic hydroxyl groups excluding tert-OH is 1. The van der Waals surface area contributed by atoms with Crippen LogP contribution in [0.4, 0.5) is 0 Å². The number of rotatable bonds is 5. The van der Waals surface area contributed by atoms with Crippen LogP contribution in [-0.2, 0) is 27.1 Å². The summed E-state index contributed by atoms with van der Waals surface area (Å²) in [5.41, 5.74) is 4.40. The fraction of sp³-hybridized carbons (Fsp3) is 0.423. The third-order valence-corrected chi connectivity index (χ3v) is 7.03. The molecule has 0 radical (unpaired) electrons. The number of carbonyl (C=O) groups excluding carboxylic acids is 1. The molecule has 1 aliphatic heterocycles. The molecule has 0 atom stereocenters. The van der Waals surface area contributed by atoms with Crippen LogP contribution in [0.5, 0.6) is 0 Å². The lowest BCUT2D eigenvalue weighted by Gasteiger charge is -2.35. The summed E-state index contributed by atoms with van der Waals surface area (Å²) in [6.07, 6.45) is 4.29. The van der Waals surface area contributed by atoms with E-state index in [2.05, 4.69) is 26.0 Å². The minimum Gasteiger partial charge on any atom is -0.507 e. The van der Waals surface area contributed by atoms with Crippen molar-refractivity contribution >= 4 is 23.1 Å². The van der Waals surface area contributed by atoms with E-state index in [1.807, 2.05) is 24.3 Å². The molecule has 31 heavy (non-hydrogen) atoms. The van der Waals surface area contributed by atoms with Crippen molar-refractivity contribution in [1.82, 2.24) is 0 Å². The lowest BCUT2D eigenvalue weighted by atomic mass is 9.79. The predicted octanol–water partition coefficient (Wildman–Crippen LogP) is 6.29. The molecule has 4 nitrogen and oxygen atoms in total. The molecule has 1 saturated carbocycles. The van der Waals surface area contributed by atoms with Crippen LogP contribution in [0.2, 0.25) is 5.02 Å². The molecule has 0 bridgehead atoms. The van der Waals surface area contributed by atoms with E-state index in [0.717, 1.165) is 53.5 Å². The van der Waals surface area contributed by atoms with Gasteiger partial charge in [0.05, 0.1) is 6.10 Å². The van der Waals surface area contributed by atoms with Gasteiger partial charge in [-0.1, -0.05) is 49.7 Å². The highest BCUT2D eigenvalue weighted by atomic mass is 35.5. The molecule has 2 aliphatic rings. The fourth-order valence-corrected chi connectivity index (χ4v) is 5.15. The van der Waals surface area contributed by atoms with Crippen molar-refractivity contribution in [3.05, 3.63) is 63.9 Å². The first-order valence-electron chi connectivity index (χ1n) is 11.0. The molecule has 0 saturated heterocycles. The molecular weight excluding hydrogens is 412 g/mol. The van der Waals surface area contributed by atoms with Crippen molar-refractivity contribution in [1.29, 1.82) is 0 Å². The molecule has 0 unspecified atom stereocenters. The predicted molar refractivity (Wildman–Crippen MR) is 123 cm³/mol. The Bertz CT molecular complexity index is 1010. The van der Waals surface area contributed by atoms with E-state index in [9.17, 15) is 9.90 Å². The minimum absolute atomic E-state index is 0.0877. The molecule has 2 aromatic carbocycles. The monoisotopic (exact) mass is 440 g/mol. The van der Waals surface area contributed by atoms with Crippen LogP contribution in [0, 0.1) is 0 Å². The fourth-order valence-electron chi connectivity index (χ4n) is 5.02. The maximum absolute atomic E-state index is 13.1. The number of benzene rings is 2. The lowest BCUT2D eigenvalue weighted by Crippen LogP contribution is -2.38. The Kier molecular flexibility index (Phi) is 6.14. The number of halogens is 1. The van der Waals surface area contributed by atoms with Crippen LogP contribution in [0.3, 0.4) is 0 Å². The molecule has 1 aliphatic carbocycles. The van der Waals surface area contributed by atoms with Crippen LogP contribution >= 0.6 is 11.6 Å². The normalized spacial score (nSPS) is 23.5. The number of methoxy groups -OCH3 is 1. The van der Waals surface area contributed by atoms with Gasteiger partial charge < -0.3 is 14.6 Å². The van der Waals surface area contributed by atoms with E-state index in [0.29, 0.717) is 23.4 Å². The highest BCUT2D eigenvalue weighted by molar-refractivity contribution is 6.30. The summed E-state index contributed by atoms with van der Waals surface area (Å²) in [4.78, 5) is 13.1. The molecular formula is C26H29ClO4.